The molecule has 0 fully saturated rings. The van der Waals surface area contributed by atoms with Crippen LogP contribution in [-0.4, -0.2) is 60.0 Å². The first-order valence-corrected chi connectivity index (χ1v) is 17.3. The molecule has 0 saturated carbocycles. The zero-order chi connectivity index (χ0) is 38.8. The molecule has 0 radical (unpaired) electrons. The predicted molar refractivity (Wildman–Crippen MR) is 217 cm³/mol. The van der Waals surface area contributed by atoms with E-state index in [1.807, 2.05) is 87.9 Å². The number of nitrogens with zero attached hydrogens (tertiary/aromatic N) is 3. The predicted octanol–water partition coefficient (Wildman–Crippen LogP) is 8.13. The maximum atomic E-state index is 13.2. The van der Waals surface area contributed by atoms with Crippen LogP contribution in [0.15, 0.2) is 109 Å². The molecule has 10 nitrogen and oxygen atoms in total. The van der Waals surface area contributed by atoms with Crippen LogP contribution in [0.3, 0.4) is 0 Å². The summed E-state index contributed by atoms with van der Waals surface area (Å²) in [6.07, 6.45) is 13.1. The Morgan fingerprint density at radius 2 is 1.73 bits per heavy atom. The molecule has 1 aliphatic heterocycles. The number of halogens is 1. The SMILES string of the molecule is C/C=C(\C)C=O.C=C(/C=C\C)NC.CCl.CNc1ccc2nc(C(=O)N3CCc4c3cc(O)c3cccc(C)c43)cn2c1.Nc1ccc(C=O)cc1. The molecule has 0 bridgehead atoms. The number of allylic oxidation sites excluding steroid dienone is 4. The Balaban J connectivity index is 0.000000319. The molecule has 1 aliphatic rings. The van der Waals surface area contributed by atoms with Gasteiger partial charge in [0.25, 0.3) is 5.91 Å². The van der Waals surface area contributed by atoms with Crippen molar-refractivity contribution in [1.82, 2.24) is 14.7 Å². The molecule has 0 atom stereocenters. The Kier molecular flexibility index (Phi) is 17.4. The number of benzene rings is 3. The highest BCUT2D eigenvalue weighted by atomic mass is 35.5. The number of nitrogens with one attached hydrogen (secondary N) is 2. The van der Waals surface area contributed by atoms with Crippen LogP contribution in [-0.2, 0) is 11.2 Å². The summed E-state index contributed by atoms with van der Waals surface area (Å²) in [7, 11) is 3.70. The molecular weight excluding hydrogens is 676 g/mol. The molecule has 0 saturated heterocycles. The average molecular weight is 725 g/mol. The van der Waals surface area contributed by atoms with E-state index < -0.39 is 0 Å². The monoisotopic (exact) mass is 724 g/mol. The number of phenolic OH excluding ortho intramolecular Hbond substituents is 1. The van der Waals surface area contributed by atoms with Gasteiger partial charge in [-0.2, -0.15) is 0 Å². The second-order valence-electron chi connectivity index (χ2n) is 11.4. The van der Waals surface area contributed by atoms with E-state index in [1.165, 1.54) is 6.38 Å². The quantitative estimate of drug-likeness (QED) is 0.0452. The maximum Gasteiger partial charge on any atom is 0.278 e. The lowest BCUT2D eigenvalue weighted by molar-refractivity contribution is -0.104. The number of aromatic nitrogens is 2. The first kappa shape index (κ1) is 42.3. The number of rotatable bonds is 6. The van der Waals surface area contributed by atoms with Gasteiger partial charge in [0.15, 0.2) is 0 Å². The third kappa shape index (κ3) is 11.3. The summed E-state index contributed by atoms with van der Waals surface area (Å²) >= 11 is 4.64. The molecule has 5 aromatic rings. The average Bonchev–Trinajstić information content (AvgIpc) is 3.80. The van der Waals surface area contributed by atoms with E-state index in [9.17, 15) is 19.5 Å². The Hall–Kier alpha value is -5.87. The summed E-state index contributed by atoms with van der Waals surface area (Å²) in [5, 5.41) is 18.4. The van der Waals surface area contributed by atoms with Crippen molar-refractivity contribution in [3.8, 4) is 5.75 Å². The Labute approximate surface area is 311 Å². The fourth-order valence-electron chi connectivity index (χ4n) is 5.06. The lowest BCUT2D eigenvalue weighted by Crippen LogP contribution is -2.29. The van der Waals surface area contributed by atoms with Crippen LogP contribution < -0.4 is 21.3 Å². The number of pyridine rings is 1. The molecule has 1 amide bonds. The molecule has 52 heavy (non-hydrogen) atoms. The number of amides is 1. The number of aromatic hydroxyl groups is 1. The van der Waals surface area contributed by atoms with E-state index in [0.29, 0.717) is 23.5 Å². The summed E-state index contributed by atoms with van der Waals surface area (Å²) in [6.45, 7) is 11.8. The van der Waals surface area contributed by atoms with Crippen LogP contribution in [0.1, 0.15) is 52.7 Å². The second-order valence-corrected chi connectivity index (χ2v) is 11.4. The number of carbonyl (C=O) groups is 3. The Bertz CT molecular complexity index is 2030. The fourth-order valence-corrected chi connectivity index (χ4v) is 5.06. The highest BCUT2D eigenvalue weighted by Gasteiger charge is 2.30. The minimum absolute atomic E-state index is 0.152. The van der Waals surface area contributed by atoms with E-state index in [1.54, 1.807) is 54.4 Å². The number of nitrogen functional groups attached to an aromatic ring is 1. The van der Waals surface area contributed by atoms with Crippen molar-refractivity contribution in [3.05, 3.63) is 132 Å². The van der Waals surface area contributed by atoms with E-state index in [0.717, 1.165) is 69.2 Å². The zero-order valence-corrected chi connectivity index (χ0v) is 31.7. The number of anilines is 3. The molecule has 6 rings (SSSR count). The van der Waals surface area contributed by atoms with Crippen molar-refractivity contribution >= 4 is 63.6 Å². The van der Waals surface area contributed by atoms with Crippen molar-refractivity contribution in [3.63, 3.8) is 0 Å². The van der Waals surface area contributed by atoms with Gasteiger partial charge in [0.1, 0.15) is 29.7 Å². The third-order valence-electron chi connectivity index (χ3n) is 7.92. The number of imidazole rings is 1. The third-order valence-corrected chi connectivity index (χ3v) is 7.92. The summed E-state index contributed by atoms with van der Waals surface area (Å²) in [5.41, 5.74) is 13.5. The molecule has 3 aromatic carbocycles. The van der Waals surface area contributed by atoms with Crippen molar-refractivity contribution < 1.29 is 19.5 Å². The molecule has 274 valence electrons. The van der Waals surface area contributed by atoms with E-state index in [-0.39, 0.29) is 11.7 Å². The number of likely N-dealkylation sites (N-methyl/N-ethyl adjacent to an activating group) is 1. The minimum Gasteiger partial charge on any atom is -0.507 e. The van der Waals surface area contributed by atoms with Crippen molar-refractivity contribution in [2.45, 2.75) is 34.1 Å². The summed E-state index contributed by atoms with van der Waals surface area (Å²) in [6, 6.07) is 18.2. The van der Waals surface area contributed by atoms with Gasteiger partial charge in [0.05, 0.1) is 11.4 Å². The van der Waals surface area contributed by atoms with Gasteiger partial charge in [0.2, 0.25) is 0 Å². The van der Waals surface area contributed by atoms with Gasteiger partial charge in [-0.15, -0.1) is 11.6 Å². The Morgan fingerprint density at radius 1 is 1.04 bits per heavy atom. The van der Waals surface area contributed by atoms with Crippen molar-refractivity contribution in [2.24, 2.45) is 0 Å². The molecule has 3 heterocycles. The van der Waals surface area contributed by atoms with Gasteiger partial charge < -0.3 is 30.8 Å². The highest BCUT2D eigenvalue weighted by Crippen LogP contribution is 2.41. The molecule has 5 N–H and O–H groups in total. The first-order valence-electron chi connectivity index (χ1n) is 16.5. The molecule has 0 aliphatic carbocycles. The smallest absolute Gasteiger partial charge is 0.278 e. The number of alkyl halides is 1. The number of phenols is 1. The van der Waals surface area contributed by atoms with Crippen molar-refractivity contribution in [1.29, 1.82) is 0 Å². The van der Waals surface area contributed by atoms with Gasteiger partial charge in [0, 0.05) is 67.8 Å². The largest absolute Gasteiger partial charge is 0.507 e. The summed E-state index contributed by atoms with van der Waals surface area (Å²) < 4.78 is 1.85. The van der Waals surface area contributed by atoms with E-state index in [2.05, 4.69) is 33.8 Å². The number of nitrogens with two attached hydrogens (primary N) is 1. The standard InChI is InChI=1S/C22H20N4O2.C7H7NO.C6H11N.C5H8O.CH3Cl/c1-13-4-3-5-16-19(27)10-18-15(21(13)16)8-9-26(18)22(28)17-12-25-11-14(23-2)6-7-20(25)24-17;8-7-3-1-6(5-9)2-4-7;1-4-5-6(2)7-3;1-3-5(2)4-6;1-2/h3-7,10-12,23,27H,8-9H2,1-2H3;1-5H,8H2;4-5,7H,2H2,1,3H3;3-4H,1-2H3;1H3/b;;5-4-;5-3+;. The summed E-state index contributed by atoms with van der Waals surface area (Å²) in [4.78, 5) is 39.2. The van der Waals surface area contributed by atoms with Gasteiger partial charge in [-0.1, -0.05) is 36.9 Å². The number of hydrogen-bond donors (Lipinski definition) is 4. The Morgan fingerprint density at radius 3 is 2.27 bits per heavy atom. The number of carbonyl (C=O) groups excluding carboxylic acids is 3. The molecular formula is C41H49ClN6O4. The molecule has 2 aromatic heterocycles. The van der Waals surface area contributed by atoms with Crippen LogP contribution in [0.5, 0.6) is 5.75 Å². The lowest BCUT2D eigenvalue weighted by Gasteiger charge is -2.17. The zero-order valence-electron chi connectivity index (χ0n) is 30.9. The highest BCUT2D eigenvalue weighted by molar-refractivity contribution is 6.15. The van der Waals surface area contributed by atoms with Gasteiger partial charge >= 0.3 is 0 Å². The maximum absolute atomic E-state index is 13.2. The van der Waals surface area contributed by atoms with Crippen LogP contribution in [0.25, 0.3) is 16.4 Å². The van der Waals surface area contributed by atoms with Crippen molar-refractivity contribution in [2.75, 3.05) is 43.0 Å². The van der Waals surface area contributed by atoms with Crippen LogP contribution in [0.4, 0.5) is 17.1 Å². The van der Waals surface area contributed by atoms with Crippen LogP contribution in [0.2, 0.25) is 0 Å². The van der Waals surface area contributed by atoms with Crippen LogP contribution >= 0.6 is 11.6 Å². The molecule has 11 heteroatoms. The number of fused-ring (bicyclic) bond motifs is 4. The number of aldehydes is 2. The minimum atomic E-state index is -0.152. The van der Waals surface area contributed by atoms with E-state index in [4.69, 9.17) is 5.73 Å². The molecule has 0 unspecified atom stereocenters. The number of aryl methyl sites for hydroxylation is 1. The van der Waals surface area contributed by atoms with Crippen LogP contribution in [0, 0.1) is 6.92 Å². The van der Waals surface area contributed by atoms with Gasteiger partial charge in [-0.3, -0.25) is 14.4 Å². The normalized spacial score (nSPS) is 11.4. The van der Waals surface area contributed by atoms with E-state index >= 15 is 0 Å². The topological polar surface area (TPSA) is 142 Å². The fraction of sp³-hybridized carbons (Fsp3) is 0.220. The summed E-state index contributed by atoms with van der Waals surface area (Å²) in [5.74, 6) is 0.0478. The number of hydrogen-bond acceptors (Lipinski definition) is 8. The first-order chi connectivity index (χ1) is 25.0. The van der Waals surface area contributed by atoms with Gasteiger partial charge in [-0.25, -0.2) is 4.98 Å². The molecule has 0 spiro atoms. The second kappa shape index (κ2) is 21.4. The lowest BCUT2D eigenvalue weighted by atomic mass is 9.97. The van der Waals surface area contributed by atoms with Gasteiger partial charge in [-0.05, 0) is 98.7 Å².